The summed E-state index contributed by atoms with van der Waals surface area (Å²) < 4.78 is 4.79. The topological polar surface area (TPSA) is 35.6 Å². The van der Waals surface area contributed by atoms with E-state index < -0.39 is 0 Å². The van der Waals surface area contributed by atoms with Gasteiger partial charge in [0.05, 0.1) is 33.3 Å². The van der Waals surface area contributed by atoms with Crippen LogP contribution in [-0.4, -0.2) is 19.1 Å². The molecule has 0 unspecified atom stereocenters. The predicted octanol–water partition coefficient (Wildman–Crippen LogP) is 13.6. The third-order valence-corrected chi connectivity index (χ3v) is 13.5. The molecule has 7 aromatic carbocycles. The van der Waals surface area contributed by atoms with Crippen molar-refractivity contribution in [1.82, 2.24) is 19.1 Å². The van der Waals surface area contributed by atoms with Crippen LogP contribution >= 0.6 is 0 Å². The quantitative estimate of drug-likeness (QED) is 0.180. The molecule has 10 aromatic rings. The summed E-state index contributed by atoms with van der Waals surface area (Å²) in [6, 6.07) is 58.0. The van der Waals surface area contributed by atoms with E-state index in [9.17, 15) is 0 Å². The van der Waals surface area contributed by atoms with Gasteiger partial charge in [-0.3, -0.25) is 4.57 Å². The Balaban J connectivity index is 0.958. The van der Waals surface area contributed by atoms with Gasteiger partial charge in [0.2, 0.25) is 5.95 Å². The van der Waals surface area contributed by atoms with E-state index in [-0.39, 0.29) is 5.41 Å². The largest absolute Gasteiger partial charge is 0.309 e. The van der Waals surface area contributed by atoms with Crippen molar-refractivity contribution in [2.45, 2.75) is 56.8 Å². The van der Waals surface area contributed by atoms with Gasteiger partial charge in [0.15, 0.2) is 0 Å². The van der Waals surface area contributed by atoms with E-state index in [0.29, 0.717) is 11.8 Å². The normalized spacial score (nSPS) is 17.5. The average Bonchev–Trinajstić information content (AvgIpc) is 3.86. The average molecular weight is 735 g/mol. The molecule has 0 amide bonds. The summed E-state index contributed by atoms with van der Waals surface area (Å²) in [6.45, 7) is 4.72. The Morgan fingerprint density at radius 2 is 1.12 bits per heavy atom. The van der Waals surface area contributed by atoms with Crippen molar-refractivity contribution >= 4 is 54.5 Å². The second kappa shape index (κ2) is 12.2. The fourth-order valence-corrected chi connectivity index (χ4v) is 10.7. The number of para-hydroxylation sites is 4. The SMILES string of the molecule is CC1(C)c2ccccc2-c2c1ccc1c3ccccc3n(-c3nc(C4CCC(c5ccc6c(c5)c5ccccc5n6-c5ccccc5)CC4)c4ccccc4n3)c21. The third kappa shape index (κ3) is 4.74. The Bertz CT molecular complexity index is 3230. The van der Waals surface area contributed by atoms with E-state index in [2.05, 4.69) is 181 Å². The molecular weight excluding hydrogens is 693 g/mol. The molecule has 0 saturated heterocycles. The Morgan fingerprint density at radius 3 is 1.93 bits per heavy atom. The molecule has 0 N–H and O–H groups in total. The van der Waals surface area contributed by atoms with Crippen LogP contribution in [0.25, 0.3) is 77.3 Å². The summed E-state index contributed by atoms with van der Waals surface area (Å²) in [5.41, 5.74) is 15.0. The molecular formula is C53H42N4. The number of benzene rings is 7. The minimum absolute atomic E-state index is 0.0983. The second-order valence-corrected chi connectivity index (χ2v) is 16.8. The first-order valence-corrected chi connectivity index (χ1v) is 20.6. The van der Waals surface area contributed by atoms with E-state index in [4.69, 9.17) is 9.97 Å². The van der Waals surface area contributed by atoms with Gasteiger partial charge in [-0.2, -0.15) is 0 Å². The van der Waals surface area contributed by atoms with Gasteiger partial charge in [-0.15, -0.1) is 0 Å². The van der Waals surface area contributed by atoms with Crippen molar-refractivity contribution in [3.63, 3.8) is 0 Å². The lowest BCUT2D eigenvalue weighted by atomic mass is 9.76. The zero-order valence-electron chi connectivity index (χ0n) is 32.3. The molecule has 12 rings (SSSR count). The summed E-state index contributed by atoms with van der Waals surface area (Å²) >= 11 is 0. The standard InChI is InChI=1S/C53H42N4/c1-53(2)43-20-10-6-18-40(43)49-44(53)30-29-39-37-16-8-13-23-47(37)57(51(39)49)52-54-45-21-11-7-19-41(45)50(55-52)34-26-24-33(25-27-34)35-28-31-48-42(32-35)38-17-9-12-22-46(38)56(48)36-14-4-3-5-15-36/h3-23,28-34H,24-27H2,1-2H3. The lowest BCUT2D eigenvalue weighted by Crippen LogP contribution is -2.15. The van der Waals surface area contributed by atoms with Crippen molar-refractivity contribution in [3.05, 3.63) is 180 Å². The van der Waals surface area contributed by atoms with E-state index in [1.54, 1.807) is 0 Å². The van der Waals surface area contributed by atoms with Crippen molar-refractivity contribution < 1.29 is 0 Å². The highest BCUT2D eigenvalue weighted by molar-refractivity contribution is 6.15. The van der Waals surface area contributed by atoms with Crippen LogP contribution in [0.5, 0.6) is 0 Å². The number of rotatable bonds is 4. The molecule has 274 valence electrons. The first-order valence-electron chi connectivity index (χ1n) is 20.6. The maximum absolute atomic E-state index is 5.64. The van der Waals surface area contributed by atoms with Gasteiger partial charge in [-0.25, -0.2) is 9.97 Å². The number of hydrogen-bond donors (Lipinski definition) is 0. The van der Waals surface area contributed by atoms with Crippen LogP contribution in [0.3, 0.4) is 0 Å². The van der Waals surface area contributed by atoms with Crippen LogP contribution in [0, 0.1) is 0 Å². The highest BCUT2D eigenvalue weighted by atomic mass is 15.2. The molecule has 0 radical (unpaired) electrons. The highest BCUT2D eigenvalue weighted by Gasteiger charge is 2.38. The van der Waals surface area contributed by atoms with E-state index in [0.717, 1.165) is 42.7 Å². The molecule has 0 aliphatic heterocycles. The molecule has 0 bridgehead atoms. The van der Waals surface area contributed by atoms with Gasteiger partial charge in [0.25, 0.3) is 0 Å². The van der Waals surface area contributed by atoms with E-state index >= 15 is 0 Å². The second-order valence-electron chi connectivity index (χ2n) is 16.8. The minimum atomic E-state index is -0.0983. The number of hydrogen-bond acceptors (Lipinski definition) is 2. The van der Waals surface area contributed by atoms with Gasteiger partial charge in [0.1, 0.15) is 0 Å². The maximum Gasteiger partial charge on any atom is 0.235 e. The Kier molecular flexibility index (Phi) is 7.02. The molecule has 3 heterocycles. The first kappa shape index (κ1) is 32.7. The fraction of sp³-hybridized carbons (Fsp3) is 0.170. The van der Waals surface area contributed by atoms with Crippen LogP contribution in [0.1, 0.15) is 73.8 Å². The first-order chi connectivity index (χ1) is 28.0. The van der Waals surface area contributed by atoms with E-state index in [1.165, 1.54) is 82.7 Å². The molecule has 2 aliphatic carbocycles. The lowest BCUT2D eigenvalue weighted by Gasteiger charge is -2.29. The molecule has 4 nitrogen and oxygen atoms in total. The number of aromatic nitrogens is 4. The Labute approximate surface area is 332 Å². The number of nitrogens with zero attached hydrogens (tertiary/aromatic N) is 4. The summed E-state index contributed by atoms with van der Waals surface area (Å²) in [6.07, 6.45) is 4.46. The van der Waals surface area contributed by atoms with Crippen LogP contribution in [-0.2, 0) is 5.41 Å². The Hall–Kier alpha value is -6.52. The zero-order valence-corrected chi connectivity index (χ0v) is 32.3. The van der Waals surface area contributed by atoms with E-state index in [1.807, 2.05) is 0 Å². The Morgan fingerprint density at radius 1 is 0.491 bits per heavy atom. The summed E-state index contributed by atoms with van der Waals surface area (Å²) in [4.78, 5) is 11.0. The number of fused-ring (bicyclic) bond motifs is 11. The molecule has 2 aliphatic rings. The summed E-state index contributed by atoms with van der Waals surface area (Å²) in [5.74, 6) is 1.64. The van der Waals surface area contributed by atoms with Crippen molar-refractivity contribution in [2.24, 2.45) is 0 Å². The predicted molar refractivity (Wildman–Crippen MR) is 236 cm³/mol. The third-order valence-electron chi connectivity index (χ3n) is 13.5. The molecule has 57 heavy (non-hydrogen) atoms. The monoisotopic (exact) mass is 734 g/mol. The molecule has 0 spiro atoms. The molecule has 3 aromatic heterocycles. The van der Waals surface area contributed by atoms with Gasteiger partial charge in [0, 0.05) is 49.5 Å². The van der Waals surface area contributed by atoms with Crippen LogP contribution in [0.2, 0.25) is 0 Å². The van der Waals surface area contributed by atoms with Crippen LogP contribution < -0.4 is 0 Å². The summed E-state index contributed by atoms with van der Waals surface area (Å²) in [5, 5.41) is 6.32. The molecule has 0 atom stereocenters. The molecule has 4 heteroatoms. The van der Waals surface area contributed by atoms with Gasteiger partial charge < -0.3 is 4.57 Å². The van der Waals surface area contributed by atoms with Crippen molar-refractivity contribution in [2.75, 3.05) is 0 Å². The maximum atomic E-state index is 5.64. The molecule has 1 fully saturated rings. The molecule has 1 saturated carbocycles. The van der Waals surface area contributed by atoms with Gasteiger partial charge in [-0.05, 0) is 96.3 Å². The van der Waals surface area contributed by atoms with Gasteiger partial charge >= 0.3 is 0 Å². The van der Waals surface area contributed by atoms with Crippen LogP contribution in [0.15, 0.2) is 158 Å². The lowest BCUT2D eigenvalue weighted by molar-refractivity contribution is 0.393. The smallest absolute Gasteiger partial charge is 0.235 e. The highest BCUT2D eigenvalue weighted by Crippen LogP contribution is 2.53. The minimum Gasteiger partial charge on any atom is -0.309 e. The van der Waals surface area contributed by atoms with Gasteiger partial charge in [-0.1, -0.05) is 129 Å². The zero-order chi connectivity index (χ0) is 37.8. The van der Waals surface area contributed by atoms with Crippen LogP contribution in [0.4, 0.5) is 0 Å². The summed E-state index contributed by atoms with van der Waals surface area (Å²) in [7, 11) is 0. The fourth-order valence-electron chi connectivity index (χ4n) is 10.7. The van der Waals surface area contributed by atoms with Crippen molar-refractivity contribution in [1.29, 1.82) is 0 Å². The van der Waals surface area contributed by atoms with Crippen molar-refractivity contribution in [3.8, 4) is 22.8 Å².